The number of carbonyl (C=O) groups is 1. The summed E-state index contributed by atoms with van der Waals surface area (Å²) < 4.78 is 7.34. The van der Waals surface area contributed by atoms with E-state index < -0.39 is 6.04 Å². The molecule has 0 bridgehead atoms. The summed E-state index contributed by atoms with van der Waals surface area (Å²) in [4.78, 5) is 18.2. The summed E-state index contributed by atoms with van der Waals surface area (Å²) in [5.41, 5.74) is 3.39. The van der Waals surface area contributed by atoms with Crippen LogP contribution in [0.1, 0.15) is 18.5 Å². The molecular formula is C26H23N5O3. The normalized spacial score (nSPS) is 14.8. The Bertz CT molecular complexity index is 1380. The molecular weight excluding hydrogens is 430 g/mol. The van der Waals surface area contributed by atoms with Gasteiger partial charge < -0.3 is 20.5 Å². The van der Waals surface area contributed by atoms with Crippen molar-refractivity contribution in [3.63, 3.8) is 0 Å². The molecule has 8 heteroatoms. The van der Waals surface area contributed by atoms with E-state index in [-0.39, 0.29) is 11.7 Å². The molecule has 170 valence electrons. The number of nitrogens with zero attached hydrogens (tertiary/aromatic N) is 3. The number of methoxy groups -OCH3 is 1. The van der Waals surface area contributed by atoms with E-state index in [0.29, 0.717) is 34.5 Å². The van der Waals surface area contributed by atoms with Gasteiger partial charge in [-0.15, -0.1) is 5.10 Å². The molecule has 1 aliphatic heterocycles. The summed E-state index contributed by atoms with van der Waals surface area (Å²) in [6.45, 7) is 1.85. The molecule has 1 aromatic heterocycles. The van der Waals surface area contributed by atoms with Gasteiger partial charge in [-0.05, 0) is 49.4 Å². The van der Waals surface area contributed by atoms with Crippen LogP contribution in [0.25, 0.3) is 11.4 Å². The summed E-state index contributed by atoms with van der Waals surface area (Å²) in [5.74, 6) is 1.53. The van der Waals surface area contributed by atoms with E-state index in [2.05, 4.69) is 15.6 Å². The zero-order chi connectivity index (χ0) is 23.7. The minimum absolute atomic E-state index is 0.162. The number of phenols is 1. The third kappa shape index (κ3) is 3.86. The highest BCUT2D eigenvalue weighted by Crippen LogP contribution is 2.40. The number of aromatic hydroxyl groups is 1. The Labute approximate surface area is 196 Å². The molecule has 1 atom stereocenters. The molecule has 0 fully saturated rings. The average Bonchev–Trinajstić information content (AvgIpc) is 3.27. The molecule has 34 heavy (non-hydrogen) atoms. The van der Waals surface area contributed by atoms with Crippen LogP contribution in [0.3, 0.4) is 0 Å². The minimum atomic E-state index is -0.575. The van der Waals surface area contributed by atoms with Gasteiger partial charge in [0.05, 0.1) is 12.7 Å². The quantitative estimate of drug-likeness (QED) is 0.409. The first-order valence-electron chi connectivity index (χ1n) is 10.8. The van der Waals surface area contributed by atoms with E-state index in [1.807, 2.05) is 61.5 Å². The van der Waals surface area contributed by atoms with Crippen LogP contribution in [-0.4, -0.2) is 32.9 Å². The lowest BCUT2D eigenvalue weighted by Gasteiger charge is -2.29. The number of phenolic OH excluding ortho intramolecular Hbond substituents is 1. The number of rotatable bonds is 5. The Balaban J connectivity index is 1.63. The molecule has 1 unspecified atom stereocenters. The highest BCUT2D eigenvalue weighted by molar-refractivity contribution is 6.06. The Morgan fingerprint density at radius 2 is 1.74 bits per heavy atom. The monoisotopic (exact) mass is 453 g/mol. The topological polar surface area (TPSA) is 101 Å². The Morgan fingerprint density at radius 1 is 1.03 bits per heavy atom. The zero-order valence-corrected chi connectivity index (χ0v) is 18.7. The smallest absolute Gasteiger partial charge is 0.255 e. The van der Waals surface area contributed by atoms with Crippen molar-refractivity contribution < 1.29 is 14.6 Å². The van der Waals surface area contributed by atoms with Gasteiger partial charge in [0.2, 0.25) is 5.95 Å². The van der Waals surface area contributed by atoms with Crippen LogP contribution >= 0.6 is 0 Å². The molecule has 3 N–H and O–H groups in total. The second-order valence-electron chi connectivity index (χ2n) is 7.88. The predicted molar refractivity (Wildman–Crippen MR) is 130 cm³/mol. The second-order valence-corrected chi connectivity index (χ2v) is 7.88. The molecule has 1 aliphatic rings. The standard InChI is InChI=1S/C26H23N5O3/c1-16-22(25(33)28-18-8-4-3-5-9-18)23(20-10-6-7-11-21(20)34-2)31-26(27-16)29-24(30-31)17-12-14-19(32)15-13-17/h3-15,23,32H,1-2H3,(H,28,33)(H,27,29,30). The second kappa shape index (κ2) is 8.74. The van der Waals surface area contributed by atoms with E-state index in [1.54, 1.807) is 36.1 Å². The molecule has 0 radical (unpaired) electrons. The molecule has 0 saturated carbocycles. The van der Waals surface area contributed by atoms with Crippen molar-refractivity contribution in [1.82, 2.24) is 14.8 Å². The van der Waals surface area contributed by atoms with Crippen molar-refractivity contribution in [1.29, 1.82) is 0 Å². The molecule has 8 nitrogen and oxygen atoms in total. The summed E-state index contributed by atoms with van der Waals surface area (Å²) in [6.07, 6.45) is 0. The van der Waals surface area contributed by atoms with Crippen molar-refractivity contribution in [2.45, 2.75) is 13.0 Å². The van der Waals surface area contributed by atoms with Gasteiger partial charge in [0, 0.05) is 22.5 Å². The highest BCUT2D eigenvalue weighted by Gasteiger charge is 2.36. The first kappa shape index (κ1) is 21.3. The van der Waals surface area contributed by atoms with Gasteiger partial charge in [-0.3, -0.25) is 4.79 Å². The number of para-hydroxylation sites is 2. The number of aromatic nitrogens is 3. The number of benzene rings is 3. The van der Waals surface area contributed by atoms with E-state index in [0.717, 1.165) is 11.1 Å². The average molecular weight is 454 g/mol. The summed E-state index contributed by atoms with van der Waals surface area (Å²) >= 11 is 0. The number of allylic oxidation sites excluding steroid dienone is 1. The molecule has 1 amide bonds. The SMILES string of the molecule is COc1ccccc1C1C(C(=O)Nc2ccccc2)=C(C)Nc2nc(-c3ccc(O)cc3)nn21. The van der Waals surface area contributed by atoms with Gasteiger partial charge in [0.15, 0.2) is 5.82 Å². The van der Waals surface area contributed by atoms with Gasteiger partial charge in [0.1, 0.15) is 17.5 Å². The maximum Gasteiger partial charge on any atom is 0.255 e. The summed E-state index contributed by atoms with van der Waals surface area (Å²) in [6, 6.07) is 23.0. The molecule has 0 aliphatic carbocycles. The van der Waals surface area contributed by atoms with Crippen molar-refractivity contribution in [3.05, 3.63) is 95.7 Å². The summed E-state index contributed by atoms with van der Waals surface area (Å²) in [7, 11) is 1.60. The van der Waals surface area contributed by atoms with Crippen LogP contribution in [0.4, 0.5) is 11.6 Å². The van der Waals surface area contributed by atoms with Crippen LogP contribution in [0.5, 0.6) is 11.5 Å². The van der Waals surface area contributed by atoms with Crippen molar-refractivity contribution in [2.24, 2.45) is 0 Å². The Morgan fingerprint density at radius 3 is 2.47 bits per heavy atom. The first-order valence-corrected chi connectivity index (χ1v) is 10.8. The van der Waals surface area contributed by atoms with Crippen molar-refractivity contribution >= 4 is 17.5 Å². The largest absolute Gasteiger partial charge is 0.508 e. The summed E-state index contributed by atoms with van der Waals surface area (Å²) in [5, 5.41) is 20.6. The predicted octanol–water partition coefficient (Wildman–Crippen LogP) is 4.59. The molecule has 5 rings (SSSR count). The molecule has 0 saturated heterocycles. The molecule has 4 aromatic rings. The third-order valence-electron chi connectivity index (χ3n) is 5.69. The minimum Gasteiger partial charge on any atom is -0.508 e. The highest BCUT2D eigenvalue weighted by atomic mass is 16.5. The number of fused-ring (bicyclic) bond motifs is 1. The van der Waals surface area contributed by atoms with Crippen LogP contribution in [0.2, 0.25) is 0 Å². The number of amides is 1. The van der Waals surface area contributed by atoms with Crippen LogP contribution in [-0.2, 0) is 4.79 Å². The maximum absolute atomic E-state index is 13.5. The third-order valence-corrected chi connectivity index (χ3v) is 5.69. The lowest BCUT2D eigenvalue weighted by atomic mass is 9.94. The molecule has 2 heterocycles. The van der Waals surface area contributed by atoms with Gasteiger partial charge in [-0.1, -0.05) is 36.4 Å². The van der Waals surface area contributed by atoms with Crippen LogP contribution in [0.15, 0.2) is 90.1 Å². The van der Waals surface area contributed by atoms with Gasteiger partial charge >= 0.3 is 0 Å². The van der Waals surface area contributed by atoms with Crippen LogP contribution < -0.4 is 15.4 Å². The van der Waals surface area contributed by atoms with Crippen molar-refractivity contribution in [3.8, 4) is 22.9 Å². The zero-order valence-electron chi connectivity index (χ0n) is 18.7. The van der Waals surface area contributed by atoms with Gasteiger partial charge in [-0.25, -0.2) is 4.68 Å². The fraction of sp³-hybridized carbons (Fsp3) is 0.115. The molecule has 0 spiro atoms. The number of carbonyl (C=O) groups excluding carboxylic acids is 1. The maximum atomic E-state index is 13.5. The Kier molecular flexibility index (Phi) is 5.47. The lowest BCUT2D eigenvalue weighted by Crippen LogP contribution is -2.31. The number of ether oxygens (including phenoxy) is 1. The number of anilines is 2. The number of nitrogens with one attached hydrogen (secondary N) is 2. The van der Waals surface area contributed by atoms with E-state index >= 15 is 0 Å². The fourth-order valence-corrected chi connectivity index (χ4v) is 4.08. The van der Waals surface area contributed by atoms with Crippen LogP contribution in [0, 0.1) is 0 Å². The van der Waals surface area contributed by atoms with Crippen molar-refractivity contribution in [2.75, 3.05) is 17.7 Å². The number of hydrogen-bond donors (Lipinski definition) is 3. The van der Waals surface area contributed by atoms with Gasteiger partial charge in [-0.2, -0.15) is 4.98 Å². The van der Waals surface area contributed by atoms with Gasteiger partial charge in [0.25, 0.3) is 5.91 Å². The van der Waals surface area contributed by atoms with E-state index in [4.69, 9.17) is 9.84 Å². The first-order chi connectivity index (χ1) is 16.5. The van der Waals surface area contributed by atoms with E-state index in [9.17, 15) is 9.90 Å². The molecule has 3 aromatic carbocycles. The van der Waals surface area contributed by atoms with E-state index in [1.165, 1.54) is 0 Å². The number of hydrogen-bond acceptors (Lipinski definition) is 6. The Hall–Kier alpha value is -4.59. The lowest BCUT2D eigenvalue weighted by molar-refractivity contribution is -0.113. The fourth-order valence-electron chi connectivity index (χ4n) is 4.08.